The molecular formula is C22H24ClN3O3. The van der Waals surface area contributed by atoms with Gasteiger partial charge in [0.15, 0.2) is 6.61 Å². The molecule has 3 rings (SSSR count). The van der Waals surface area contributed by atoms with Gasteiger partial charge in [-0.05, 0) is 67.8 Å². The van der Waals surface area contributed by atoms with E-state index in [0.717, 1.165) is 23.1 Å². The highest BCUT2D eigenvalue weighted by Crippen LogP contribution is 2.20. The van der Waals surface area contributed by atoms with E-state index in [-0.39, 0.29) is 19.1 Å². The molecule has 0 saturated carbocycles. The minimum absolute atomic E-state index is 0.0406. The molecule has 0 radical (unpaired) electrons. The van der Waals surface area contributed by atoms with Crippen LogP contribution in [-0.2, 0) is 11.3 Å². The van der Waals surface area contributed by atoms with Gasteiger partial charge < -0.3 is 14.2 Å². The van der Waals surface area contributed by atoms with Gasteiger partial charge in [-0.2, -0.15) is 4.98 Å². The van der Waals surface area contributed by atoms with Gasteiger partial charge in [0.05, 0.1) is 0 Å². The first-order chi connectivity index (χ1) is 13.9. The number of hydrogen-bond acceptors (Lipinski definition) is 5. The molecule has 3 aromatic rings. The lowest BCUT2D eigenvalue weighted by Gasteiger charge is -2.20. The molecule has 0 spiro atoms. The number of aryl methyl sites for hydroxylation is 2. The van der Waals surface area contributed by atoms with Crippen LogP contribution in [0.4, 0.5) is 0 Å². The first-order valence-electron chi connectivity index (χ1n) is 9.52. The number of ether oxygens (including phenoxy) is 1. The highest BCUT2D eigenvalue weighted by atomic mass is 35.5. The predicted molar refractivity (Wildman–Crippen MR) is 112 cm³/mol. The fourth-order valence-corrected chi connectivity index (χ4v) is 3.14. The number of carbonyl (C=O) groups excluding carboxylic acids is 1. The van der Waals surface area contributed by atoms with E-state index in [9.17, 15) is 4.79 Å². The Morgan fingerprint density at radius 2 is 1.83 bits per heavy atom. The van der Waals surface area contributed by atoms with E-state index in [1.807, 2.05) is 45.0 Å². The number of carbonyl (C=O) groups is 1. The maximum Gasteiger partial charge on any atom is 0.260 e. The second kappa shape index (κ2) is 9.56. The minimum Gasteiger partial charge on any atom is -0.484 e. The molecule has 29 heavy (non-hydrogen) atoms. The highest BCUT2D eigenvalue weighted by molar-refractivity contribution is 6.30. The van der Waals surface area contributed by atoms with Crippen molar-refractivity contribution in [2.24, 2.45) is 0 Å². The Kier molecular flexibility index (Phi) is 6.88. The van der Waals surface area contributed by atoms with Crippen molar-refractivity contribution in [2.45, 2.75) is 33.7 Å². The van der Waals surface area contributed by atoms with Crippen LogP contribution in [0.2, 0.25) is 5.02 Å². The molecule has 1 amide bonds. The summed E-state index contributed by atoms with van der Waals surface area (Å²) >= 11 is 5.91. The quantitative estimate of drug-likeness (QED) is 0.529. The molecule has 1 heterocycles. The molecule has 0 bridgehead atoms. The van der Waals surface area contributed by atoms with Gasteiger partial charge in [0.25, 0.3) is 5.91 Å². The number of nitrogens with zero attached hydrogens (tertiary/aromatic N) is 3. The van der Waals surface area contributed by atoms with Crippen LogP contribution in [0.3, 0.4) is 0 Å². The summed E-state index contributed by atoms with van der Waals surface area (Å²) in [6.07, 6.45) is 0.813. The van der Waals surface area contributed by atoms with Gasteiger partial charge in [0.2, 0.25) is 11.7 Å². The SMILES string of the molecule is CCCN(Cc1nc(-c2ccc(Cl)cc2)no1)C(=O)COc1cc(C)cc(C)c1. The van der Waals surface area contributed by atoms with Gasteiger partial charge in [-0.1, -0.05) is 29.7 Å². The summed E-state index contributed by atoms with van der Waals surface area (Å²) in [5.41, 5.74) is 2.99. The Morgan fingerprint density at radius 1 is 1.14 bits per heavy atom. The van der Waals surface area contributed by atoms with Crippen LogP contribution in [0.25, 0.3) is 11.4 Å². The smallest absolute Gasteiger partial charge is 0.260 e. The fourth-order valence-electron chi connectivity index (χ4n) is 3.01. The third-order valence-electron chi connectivity index (χ3n) is 4.30. The van der Waals surface area contributed by atoms with Crippen molar-refractivity contribution < 1.29 is 14.1 Å². The lowest BCUT2D eigenvalue weighted by Crippen LogP contribution is -2.35. The molecule has 0 unspecified atom stereocenters. The monoisotopic (exact) mass is 413 g/mol. The molecule has 0 fully saturated rings. The summed E-state index contributed by atoms with van der Waals surface area (Å²) in [5, 5.41) is 4.64. The first kappa shape index (κ1) is 20.9. The molecule has 0 N–H and O–H groups in total. The third kappa shape index (κ3) is 5.81. The standard InChI is InChI=1S/C22H24ClN3O3/c1-4-9-26(21(27)14-28-19-11-15(2)10-16(3)12-19)13-20-24-22(25-29-20)17-5-7-18(23)8-6-17/h5-8,10-12H,4,9,13-14H2,1-3H3. The molecule has 0 aliphatic rings. The van der Waals surface area contributed by atoms with E-state index in [4.69, 9.17) is 20.9 Å². The average molecular weight is 414 g/mol. The molecule has 1 aromatic heterocycles. The Bertz CT molecular complexity index is 949. The molecule has 0 atom stereocenters. The van der Waals surface area contributed by atoms with Crippen molar-refractivity contribution in [3.05, 3.63) is 64.5 Å². The van der Waals surface area contributed by atoms with Crippen LogP contribution in [0.15, 0.2) is 47.0 Å². The zero-order valence-corrected chi connectivity index (χ0v) is 17.6. The Morgan fingerprint density at radius 3 is 2.48 bits per heavy atom. The Balaban J connectivity index is 1.64. The average Bonchev–Trinajstić information content (AvgIpc) is 3.14. The van der Waals surface area contributed by atoms with Gasteiger partial charge >= 0.3 is 0 Å². The number of halogens is 1. The second-order valence-corrected chi connectivity index (χ2v) is 7.38. The first-order valence-corrected chi connectivity index (χ1v) is 9.90. The number of aromatic nitrogens is 2. The summed E-state index contributed by atoms with van der Waals surface area (Å²) in [7, 11) is 0. The molecule has 152 valence electrons. The van der Waals surface area contributed by atoms with Crippen molar-refractivity contribution in [3.8, 4) is 17.1 Å². The molecule has 0 saturated heterocycles. The molecular weight excluding hydrogens is 390 g/mol. The van der Waals surface area contributed by atoms with Crippen LogP contribution < -0.4 is 4.74 Å². The third-order valence-corrected chi connectivity index (χ3v) is 4.55. The van der Waals surface area contributed by atoms with Gasteiger partial charge in [-0.15, -0.1) is 0 Å². The van der Waals surface area contributed by atoms with Gasteiger partial charge in [0.1, 0.15) is 12.3 Å². The summed E-state index contributed by atoms with van der Waals surface area (Å²) in [5.74, 6) is 1.41. The van der Waals surface area contributed by atoms with Crippen molar-refractivity contribution >= 4 is 17.5 Å². The molecule has 0 aliphatic heterocycles. The number of hydrogen-bond donors (Lipinski definition) is 0. The summed E-state index contributed by atoms with van der Waals surface area (Å²) in [4.78, 5) is 18.8. The van der Waals surface area contributed by atoms with Crippen molar-refractivity contribution in [2.75, 3.05) is 13.2 Å². The van der Waals surface area contributed by atoms with E-state index >= 15 is 0 Å². The largest absolute Gasteiger partial charge is 0.484 e. The van der Waals surface area contributed by atoms with E-state index in [2.05, 4.69) is 16.2 Å². The highest BCUT2D eigenvalue weighted by Gasteiger charge is 2.18. The normalized spacial score (nSPS) is 10.8. The molecule has 7 heteroatoms. The fraction of sp³-hybridized carbons (Fsp3) is 0.318. The Labute approximate surface area is 175 Å². The van der Waals surface area contributed by atoms with Crippen LogP contribution in [0, 0.1) is 13.8 Å². The maximum atomic E-state index is 12.7. The summed E-state index contributed by atoms with van der Waals surface area (Å²) in [6, 6.07) is 13.1. The Hall–Kier alpha value is -2.86. The second-order valence-electron chi connectivity index (χ2n) is 6.95. The molecule has 6 nitrogen and oxygen atoms in total. The zero-order valence-electron chi connectivity index (χ0n) is 16.8. The van der Waals surface area contributed by atoms with Crippen molar-refractivity contribution in [1.82, 2.24) is 15.0 Å². The lowest BCUT2D eigenvalue weighted by atomic mass is 10.1. The topological polar surface area (TPSA) is 68.5 Å². The zero-order chi connectivity index (χ0) is 20.8. The van der Waals surface area contributed by atoms with Crippen LogP contribution >= 0.6 is 11.6 Å². The van der Waals surface area contributed by atoms with E-state index in [0.29, 0.717) is 29.0 Å². The van der Waals surface area contributed by atoms with Gasteiger partial charge in [0, 0.05) is 17.1 Å². The van der Waals surface area contributed by atoms with Gasteiger partial charge in [-0.25, -0.2) is 0 Å². The predicted octanol–water partition coefficient (Wildman–Crippen LogP) is 4.82. The van der Waals surface area contributed by atoms with E-state index in [1.165, 1.54) is 0 Å². The minimum atomic E-state index is -0.128. The van der Waals surface area contributed by atoms with Crippen molar-refractivity contribution in [3.63, 3.8) is 0 Å². The van der Waals surface area contributed by atoms with Crippen LogP contribution in [-0.4, -0.2) is 34.1 Å². The molecule has 2 aromatic carbocycles. The van der Waals surface area contributed by atoms with Crippen LogP contribution in [0.1, 0.15) is 30.4 Å². The lowest BCUT2D eigenvalue weighted by molar-refractivity contribution is -0.134. The maximum absolute atomic E-state index is 12.7. The van der Waals surface area contributed by atoms with E-state index < -0.39 is 0 Å². The summed E-state index contributed by atoms with van der Waals surface area (Å²) < 4.78 is 11.1. The van der Waals surface area contributed by atoms with Crippen LogP contribution in [0.5, 0.6) is 5.75 Å². The summed E-state index contributed by atoms with van der Waals surface area (Å²) in [6.45, 7) is 6.79. The van der Waals surface area contributed by atoms with Gasteiger partial charge in [-0.3, -0.25) is 4.79 Å². The number of rotatable bonds is 8. The van der Waals surface area contributed by atoms with Crippen molar-refractivity contribution in [1.29, 1.82) is 0 Å². The van der Waals surface area contributed by atoms with E-state index in [1.54, 1.807) is 17.0 Å². The number of amides is 1. The number of benzene rings is 2. The molecule has 0 aliphatic carbocycles.